The molecule has 0 aromatic carbocycles. The Labute approximate surface area is 144 Å². The van der Waals surface area contributed by atoms with E-state index in [1.54, 1.807) is 37.1 Å². The Morgan fingerprint density at radius 3 is 2.80 bits per heavy atom. The van der Waals surface area contributed by atoms with Crippen LogP contribution in [0.3, 0.4) is 0 Å². The zero-order chi connectivity index (χ0) is 17.8. The molecular weight excluding hydrogens is 320 g/mol. The molecule has 0 radical (unpaired) electrons. The number of nitrogens with zero attached hydrogens (tertiary/aromatic N) is 4. The molecule has 2 N–H and O–H groups in total. The fourth-order valence-electron chi connectivity index (χ4n) is 2.44. The maximum Gasteiger partial charge on any atom is 0.254 e. The van der Waals surface area contributed by atoms with Gasteiger partial charge in [-0.05, 0) is 31.5 Å². The molecule has 3 aromatic rings. The van der Waals surface area contributed by atoms with E-state index in [1.165, 1.54) is 0 Å². The van der Waals surface area contributed by atoms with Gasteiger partial charge in [0.2, 0.25) is 5.91 Å². The molecule has 3 rings (SSSR count). The Kier molecular flexibility index (Phi) is 4.69. The van der Waals surface area contributed by atoms with Crippen LogP contribution < -0.4 is 10.9 Å². The molecule has 0 fully saturated rings. The molecule has 25 heavy (non-hydrogen) atoms. The predicted octanol–water partition coefficient (Wildman–Crippen LogP) is 0.826. The second-order valence-corrected chi connectivity index (χ2v) is 5.64. The van der Waals surface area contributed by atoms with Crippen molar-refractivity contribution in [1.29, 1.82) is 0 Å². The molecule has 3 aromatic heterocycles. The fourth-order valence-corrected chi connectivity index (χ4v) is 2.44. The topological polar surface area (TPSA) is 106 Å². The lowest BCUT2D eigenvalue weighted by Crippen LogP contribution is -2.29. The molecular formula is C17H18N6O2. The molecule has 0 aliphatic rings. The van der Waals surface area contributed by atoms with E-state index in [9.17, 15) is 9.59 Å². The van der Waals surface area contributed by atoms with Gasteiger partial charge >= 0.3 is 0 Å². The average molecular weight is 338 g/mol. The van der Waals surface area contributed by atoms with Crippen molar-refractivity contribution in [2.24, 2.45) is 0 Å². The van der Waals surface area contributed by atoms with E-state index in [4.69, 9.17) is 0 Å². The van der Waals surface area contributed by atoms with Gasteiger partial charge in [-0.25, -0.2) is 14.6 Å². The molecule has 0 saturated carbocycles. The molecule has 0 aliphatic carbocycles. The van der Waals surface area contributed by atoms with Crippen molar-refractivity contribution in [2.75, 3.05) is 0 Å². The third-order valence-corrected chi connectivity index (χ3v) is 3.72. The van der Waals surface area contributed by atoms with E-state index < -0.39 is 0 Å². The highest BCUT2D eigenvalue weighted by Gasteiger charge is 2.11. The Hall–Kier alpha value is -3.29. The third kappa shape index (κ3) is 3.97. The second kappa shape index (κ2) is 7.08. The lowest BCUT2D eigenvalue weighted by Gasteiger charge is -2.08. The van der Waals surface area contributed by atoms with Crippen LogP contribution in [-0.2, 0) is 17.8 Å². The number of nitrogens with one attached hydrogen (secondary N) is 2. The number of aryl methyl sites for hydroxylation is 2. The first-order valence-electron chi connectivity index (χ1n) is 7.81. The molecule has 0 atom stereocenters. The highest BCUT2D eigenvalue weighted by molar-refractivity contribution is 5.78. The highest BCUT2D eigenvalue weighted by Crippen LogP contribution is 2.05. The molecule has 0 aliphatic heterocycles. The normalized spacial score (nSPS) is 10.6. The van der Waals surface area contributed by atoms with Gasteiger partial charge in [-0.1, -0.05) is 6.07 Å². The standard InChI is InChI=1S/C17H18N6O2/c1-11-14(17(25)22-12(2)21-11)8-16(24)19-10-13-4-5-15(18-9-13)23-7-3-6-20-23/h3-7,9H,8,10H2,1-2H3,(H,19,24)(H,21,22,25). The number of hydrogen-bond acceptors (Lipinski definition) is 5. The highest BCUT2D eigenvalue weighted by atomic mass is 16.2. The summed E-state index contributed by atoms with van der Waals surface area (Å²) in [4.78, 5) is 35.1. The van der Waals surface area contributed by atoms with E-state index in [2.05, 4.69) is 25.4 Å². The van der Waals surface area contributed by atoms with Gasteiger partial charge in [-0.15, -0.1) is 0 Å². The summed E-state index contributed by atoms with van der Waals surface area (Å²) in [5, 5.41) is 6.89. The Morgan fingerprint density at radius 2 is 2.16 bits per heavy atom. The average Bonchev–Trinajstić information content (AvgIpc) is 3.11. The predicted molar refractivity (Wildman–Crippen MR) is 91.2 cm³/mol. The summed E-state index contributed by atoms with van der Waals surface area (Å²) in [5.74, 6) is 0.998. The maximum atomic E-state index is 12.1. The Bertz CT molecular complexity index is 929. The molecule has 0 bridgehead atoms. The van der Waals surface area contributed by atoms with Crippen LogP contribution >= 0.6 is 0 Å². The molecule has 0 saturated heterocycles. The Balaban J connectivity index is 1.60. The number of pyridine rings is 1. The molecule has 0 spiro atoms. The van der Waals surface area contributed by atoms with Gasteiger partial charge in [0.05, 0.1) is 6.42 Å². The van der Waals surface area contributed by atoms with Gasteiger partial charge in [0.25, 0.3) is 5.56 Å². The molecule has 8 heteroatoms. The number of H-pyrrole nitrogens is 1. The number of rotatable bonds is 5. The van der Waals surface area contributed by atoms with E-state index in [0.717, 1.165) is 5.56 Å². The van der Waals surface area contributed by atoms with Crippen molar-refractivity contribution in [3.63, 3.8) is 0 Å². The first-order valence-corrected chi connectivity index (χ1v) is 7.81. The smallest absolute Gasteiger partial charge is 0.254 e. The first kappa shape index (κ1) is 16.6. The molecule has 128 valence electrons. The largest absolute Gasteiger partial charge is 0.352 e. The maximum absolute atomic E-state index is 12.1. The van der Waals surface area contributed by atoms with Crippen molar-refractivity contribution in [2.45, 2.75) is 26.8 Å². The van der Waals surface area contributed by atoms with Crippen LogP contribution in [0.25, 0.3) is 5.82 Å². The minimum Gasteiger partial charge on any atom is -0.352 e. The summed E-state index contributed by atoms with van der Waals surface area (Å²) >= 11 is 0. The van der Waals surface area contributed by atoms with E-state index in [-0.39, 0.29) is 17.9 Å². The van der Waals surface area contributed by atoms with Crippen LogP contribution in [0.15, 0.2) is 41.6 Å². The number of carbonyl (C=O) groups is 1. The van der Waals surface area contributed by atoms with Crippen LogP contribution in [0.1, 0.15) is 22.6 Å². The van der Waals surface area contributed by atoms with Gasteiger partial charge in [-0.2, -0.15) is 5.10 Å². The zero-order valence-electron chi connectivity index (χ0n) is 14.0. The van der Waals surface area contributed by atoms with Crippen molar-refractivity contribution >= 4 is 5.91 Å². The summed E-state index contributed by atoms with van der Waals surface area (Å²) in [7, 11) is 0. The lowest BCUT2D eigenvalue weighted by atomic mass is 10.1. The minimum absolute atomic E-state index is 0.00670. The Morgan fingerprint density at radius 1 is 1.32 bits per heavy atom. The van der Waals surface area contributed by atoms with Crippen LogP contribution in [0.4, 0.5) is 0 Å². The third-order valence-electron chi connectivity index (χ3n) is 3.72. The van der Waals surface area contributed by atoms with Gasteiger partial charge < -0.3 is 10.3 Å². The number of aromatic nitrogens is 5. The SMILES string of the molecule is Cc1nc(C)c(CC(=O)NCc2ccc(-n3cccn3)nc2)c(=O)[nH]1. The second-order valence-electron chi connectivity index (χ2n) is 5.64. The van der Waals surface area contributed by atoms with Crippen LogP contribution in [0, 0.1) is 13.8 Å². The minimum atomic E-state index is -0.273. The van der Waals surface area contributed by atoms with Crippen LogP contribution in [0.2, 0.25) is 0 Å². The summed E-state index contributed by atoms with van der Waals surface area (Å²) in [6.07, 6.45) is 5.16. The quantitative estimate of drug-likeness (QED) is 0.717. The van der Waals surface area contributed by atoms with Crippen molar-refractivity contribution < 1.29 is 4.79 Å². The van der Waals surface area contributed by atoms with Crippen molar-refractivity contribution in [3.8, 4) is 5.82 Å². The van der Waals surface area contributed by atoms with Gasteiger partial charge in [0, 0.05) is 36.4 Å². The number of carbonyl (C=O) groups excluding carboxylic acids is 1. The van der Waals surface area contributed by atoms with Crippen molar-refractivity contribution in [1.82, 2.24) is 30.0 Å². The summed E-state index contributed by atoms with van der Waals surface area (Å²) < 4.78 is 1.65. The zero-order valence-corrected chi connectivity index (χ0v) is 14.0. The molecule has 8 nitrogen and oxygen atoms in total. The van der Waals surface area contributed by atoms with E-state index in [1.807, 2.05) is 18.2 Å². The summed E-state index contributed by atoms with van der Waals surface area (Å²) in [6, 6.07) is 5.52. The van der Waals surface area contributed by atoms with E-state index in [0.29, 0.717) is 29.4 Å². The van der Waals surface area contributed by atoms with Crippen molar-refractivity contribution in [3.05, 3.63) is 69.8 Å². The first-order chi connectivity index (χ1) is 12.0. The fraction of sp³-hybridized carbons (Fsp3) is 0.235. The van der Waals surface area contributed by atoms with Gasteiger partial charge in [0.1, 0.15) is 5.82 Å². The van der Waals surface area contributed by atoms with Gasteiger partial charge in [0.15, 0.2) is 5.82 Å². The van der Waals surface area contributed by atoms with E-state index >= 15 is 0 Å². The number of amides is 1. The molecule has 1 amide bonds. The summed E-state index contributed by atoms with van der Waals surface area (Å²) in [5.41, 5.74) is 1.54. The lowest BCUT2D eigenvalue weighted by molar-refractivity contribution is -0.120. The number of aromatic amines is 1. The monoisotopic (exact) mass is 338 g/mol. The van der Waals surface area contributed by atoms with Gasteiger partial charge in [-0.3, -0.25) is 9.59 Å². The van der Waals surface area contributed by atoms with Crippen LogP contribution in [0.5, 0.6) is 0 Å². The summed E-state index contributed by atoms with van der Waals surface area (Å²) in [6.45, 7) is 3.77. The van der Waals surface area contributed by atoms with Crippen LogP contribution in [-0.4, -0.2) is 30.6 Å². The molecule has 3 heterocycles. The molecule has 0 unspecified atom stereocenters. The number of hydrogen-bond donors (Lipinski definition) is 2.